The smallest absolute Gasteiger partial charge is 0.119 e. The van der Waals surface area contributed by atoms with Crippen molar-refractivity contribution < 1.29 is 14.7 Å². The zero-order chi connectivity index (χ0) is 18.2. The molecule has 0 bridgehead atoms. The molecule has 2 saturated heterocycles. The van der Waals surface area contributed by atoms with Gasteiger partial charge in [0.25, 0.3) is 0 Å². The van der Waals surface area contributed by atoms with Gasteiger partial charge in [0, 0.05) is 45.8 Å². The van der Waals surface area contributed by atoms with Gasteiger partial charge in [0.15, 0.2) is 0 Å². The van der Waals surface area contributed by atoms with Crippen LogP contribution in [0.5, 0.6) is 5.75 Å². The van der Waals surface area contributed by atoms with Crippen LogP contribution in [0.25, 0.3) is 0 Å². The van der Waals surface area contributed by atoms with Gasteiger partial charge in [-0.15, -0.1) is 0 Å². The molecule has 0 aliphatic carbocycles. The van der Waals surface area contributed by atoms with Crippen molar-refractivity contribution in [2.45, 2.75) is 32.4 Å². The van der Waals surface area contributed by atoms with E-state index >= 15 is 0 Å². The summed E-state index contributed by atoms with van der Waals surface area (Å²) in [7, 11) is 0. The highest BCUT2D eigenvalue weighted by molar-refractivity contribution is 5.28. The number of aliphatic hydroxyl groups is 1. The number of hydrogen-bond acceptors (Lipinski definition) is 6. The van der Waals surface area contributed by atoms with Crippen LogP contribution >= 0.6 is 0 Å². The monoisotopic (exact) mass is 363 g/mol. The Morgan fingerprint density at radius 1 is 1.12 bits per heavy atom. The molecule has 1 N–H and O–H groups in total. The number of β-amino-alcohol motifs (C(OH)–C–C–N with tert-alkyl or cyclic N) is 1. The highest BCUT2D eigenvalue weighted by Crippen LogP contribution is 2.17. The number of hydrogen-bond donors (Lipinski definition) is 1. The van der Waals surface area contributed by atoms with Gasteiger partial charge in [-0.25, -0.2) is 0 Å². The van der Waals surface area contributed by atoms with Gasteiger partial charge >= 0.3 is 0 Å². The fraction of sp³-hybridized carbons (Fsp3) is 0.700. The van der Waals surface area contributed by atoms with Gasteiger partial charge in [-0.1, -0.05) is 19.1 Å². The molecule has 0 amide bonds. The molecule has 1 atom stereocenters. The van der Waals surface area contributed by atoms with Crippen LogP contribution in [0.15, 0.2) is 24.3 Å². The van der Waals surface area contributed by atoms with E-state index < -0.39 is 6.10 Å². The maximum atomic E-state index is 10.3. The first-order valence-electron chi connectivity index (χ1n) is 9.95. The molecule has 6 heteroatoms. The Labute approximate surface area is 157 Å². The summed E-state index contributed by atoms with van der Waals surface area (Å²) >= 11 is 0. The van der Waals surface area contributed by atoms with E-state index in [9.17, 15) is 5.11 Å². The van der Waals surface area contributed by atoms with Gasteiger partial charge in [0.2, 0.25) is 0 Å². The zero-order valence-electron chi connectivity index (χ0n) is 16.0. The van der Waals surface area contributed by atoms with Gasteiger partial charge < -0.3 is 14.7 Å². The number of ether oxygens (including phenoxy) is 1. The minimum Gasteiger partial charge on any atom is -0.491 e. The topological polar surface area (TPSA) is 48.4 Å². The van der Waals surface area contributed by atoms with E-state index in [1.807, 2.05) is 23.3 Å². The molecule has 146 valence electrons. The van der Waals surface area contributed by atoms with Crippen molar-refractivity contribution in [2.75, 3.05) is 59.0 Å². The second kappa shape index (κ2) is 10.2. The van der Waals surface area contributed by atoms with E-state index in [2.05, 4.69) is 22.8 Å². The average molecular weight is 364 g/mol. The Morgan fingerprint density at radius 3 is 2.65 bits per heavy atom. The number of piperazine rings is 1. The second-order valence-electron chi connectivity index (χ2n) is 7.25. The number of aliphatic hydroxyl groups excluding tert-OH is 1. The van der Waals surface area contributed by atoms with E-state index in [0.29, 0.717) is 13.2 Å². The number of benzene rings is 1. The molecule has 2 aliphatic rings. The lowest BCUT2D eigenvalue weighted by molar-refractivity contribution is -0.187. The zero-order valence-corrected chi connectivity index (χ0v) is 16.0. The summed E-state index contributed by atoms with van der Waals surface area (Å²) in [4.78, 5) is 10.4. The first kappa shape index (κ1) is 19.6. The van der Waals surface area contributed by atoms with Crippen molar-refractivity contribution in [2.24, 2.45) is 0 Å². The van der Waals surface area contributed by atoms with E-state index in [4.69, 9.17) is 9.57 Å². The van der Waals surface area contributed by atoms with Crippen molar-refractivity contribution in [1.29, 1.82) is 0 Å². The number of rotatable bonds is 8. The third-order valence-electron chi connectivity index (χ3n) is 5.16. The van der Waals surface area contributed by atoms with Crippen LogP contribution < -0.4 is 4.74 Å². The van der Waals surface area contributed by atoms with Crippen LogP contribution in [0.4, 0.5) is 0 Å². The third-order valence-corrected chi connectivity index (χ3v) is 5.16. The van der Waals surface area contributed by atoms with Crippen molar-refractivity contribution >= 4 is 0 Å². The Balaban J connectivity index is 1.40. The lowest BCUT2D eigenvalue weighted by atomic mass is 10.2. The number of hydroxylamine groups is 2. The Bertz CT molecular complexity index is 529. The van der Waals surface area contributed by atoms with Gasteiger partial charge in [0.05, 0.1) is 6.61 Å². The number of nitrogens with zero attached hydrogens (tertiary/aromatic N) is 3. The third kappa shape index (κ3) is 6.21. The van der Waals surface area contributed by atoms with Crippen LogP contribution in [0, 0.1) is 0 Å². The van der Waals surface area contributed by atoms with Gasteiger partial charge in [0.1, 0.15) is 18.5 Å². The normalized spacial score (nSPS) is 21.6. The van der Waals surface area contributed by atoms with E-state index in [0.717, 1.165) is 64.6 Å². The van der Waals surface area contributed by atoms with Crippen LogP contribution in [0.3, 0.4) is 0 Å². The fourth-order valence-electron chi connectivity index (χ4n) is 3.54. The predicted octanol–water partition coefficient (Wildman–Crippen LogP) is 1.59. The van der Waals surface area contributed by atoms with Crippen molar-refractivity contribution in [3.05, 3.63) is 29.8 Å². The van der Waals surface area contributed by atoms with Crippen molar-refractivity contribution in [3.8, 4) is 5.75 Å². The largest absolute Gasteiger partial charge is 0.491 e. The molecule has 2 aliphatic heterocycles. The summed E-state index contributed by atoms with van der Waals surface area (Å²) in [5.74, 6) is 0.814. The quantitative estimate of drug-likeness (QED) is 0.757. The van der Waals surface area contributed by atoms with E-state index in [1.165, 1.54) is 12.0 Å². The Hall–Kier alpha value is -1.18. The molecular formula is C20H33N3O3. The van der Waals surface area contributed by atoms with E-state index in [1.54, 1.807) is 0 Å². The molecule has 2 heterocycles. The maximum absolute atomic E-state index is 10.3. The molecular weight excluding hydrogens is 330 g/mol. The van der Waals surface area contributed by atoms with Crippen molar-refractivity contribution in [3.63, 3.8) is 0 Å². The van der Waals surface area contributed by atoms with Crippen LogP contribution in [-0.4, -0.2) is 85.1 Å². The highest BCUT2D eigenvalue weighted by Gasteiger charge is 2.18. The Morgan fingerprint density at radius 2 is 1.92 bits per heavy atom. The Kier molecular flexibility index (Phi) is 7.70. The number of likely N-dealkylation sites (N-methyl/N-ethyl adjacent to an activating group) is 1. The summed E-state index contributed by atoms with van der Waals surface area (Å²) in [5.41, 5.74) is 1.18. The molecule has 3 rings (SSSR count). The predicted molar refractivity (Wildman–Crippen MR) is 102 cm³/mol. The summed E-state index contributed by atoms with van der Waals surface area (Å²) in [5, 5.41) is 12.3. The first-order valence-corrected chi connectivity index (χ1v) is 9.95. The minimum absolute atomic E-state index is 0.331. The molecule has 0 aromatic heterocycles. The lowest BCUT2D eigenvalue weighted by Crippen LogP contribution is -2.49. The summed E-state index contributed by atoms with van der Waals surface area (Å²) in [6.07, 6.45) is 1.87. The molecule has 1 aromatic carbocycles. The van der Waals surface area contributed by atoms with Crippen LogP contribution in [0.1, 0.15) is 25.3 Å². The maximum Gasteiger partial charge on any atom is 0.119 e. The van der Waals surface area contributed by atoms with E-state index in [-0.39, 0.29) is 0 Å². The minimum atomic E-state index is -0.461. The molecule has 2 fully saturated rings. The SMILES string of the molecule is CCN1CCN(CC(O)COc2cccc(CN3CCCCO3)c2)CC1. The molecule has 0 saturated carbocycles. The van der Waals surface area contributed by atoms with Gasteiger partial charge in [-0.3, -0.25) is 9.74 Å². The highest BCUT2D eigenvalue weighted by atomic mass is 16.7. The standard InChI is InChI=1S/C20H33N3O3/c1-2-21-9-11-22(12-10-21)16-19(24)17-25-20-7-5-6-18(14-20)15-23-8-3-4-13-26-23/h5-7,14,19,24H,2-4,8-13,15-17H2,1H3. The summed E-state index contributed by atoms with van der Waals surface area (Å²) < 4.78 is 5.84. The molecule has 26 heavy (non-hydrogen) atoms. The molecule has 0 radical (unpaired) electrons. The average Bonchev–Trinajstić information content (AvgIpc) is 2.68. The van der Waals surface area contributed by atoms with Crippen molar-refractivity contribution in [1.82, 2.24) is 14.9 Å². The first-order chi connectivity index (χ1) is 12.7. The summed E-state index contributed by atoms with van der Waals surface area (Å²) in [6.45, 7) is 11.1. The molecule has 1 unspecified atom stereocenters. The molecule has 6 nitrogen and oxygen atoms in total. The van der Waals surface area contributed by atoms with Crippen LogP contribution in [-0.2, 0) is 11.4 Å². The molecule has 0 spiro atoms. The van der Waals surface area contributed by atoms with Gasteiger partial charge in [-0.2, -0.15) is 5.06 Å². The van der Waals surface area contributed by atoms with Gasteiger partial charge in [-0.05, 0) is 37.1 Å². The van der Waals surface area contributed by atoms with Crippen LogP contribution in [0.2, 0.25) is 0 Å². The lowest BCUT2D eigenvalue weighted by Gasteiger charge is -2.34. The molecule has 1 aromatic rings. The fourth-order valence-corrected chi connectivity index (χ4v) is 3.54. The second-order valence-corrected chi connectivity index (χ2v) is 7.25. The summed E-state index contributed by atoms with van der Waals surface area (Å²) in [6, 6.07) is 8.09.